The minimum absolute atomic E-state index is 0.0280. The summed E-state index contributed by atoms with van der Waals surface area (Å²) in [6.07, 6.45) is 0.804. The smallest absolute Gasteiger partial charge is 0.303 e. The molecule has 0 spiro atoms. The highest BCUT2D eigenvalue weighted by atomic mass is 16.6. The third kappa shape index (κ3) is 7.55. The van der Waals surface area contributed by atoms with Crippen LogP contribution in [0.25, 0.3) is 11.2 Å². The van der Waals surface area contributed by atoms with Crippen molar-refractivity contribution in [3.8, 4) is 0 Å². The van der Waals surface area contributed by atoms with Crippen molar-refractivity contribution in [2.75, 3.05) is 18.5 Å². The summed E-state index contributed by atoms with van der Waals surface area (Å²) in [5.74, 6) is -2.77. The van der Waals surface area contributed by atoms with Gasteiger partial charge in [-0.2, -0.15) is 0 Å². The number of carbonyl (C=O) groups is 5. The van der Waals surface area contributed by atoms with Gasteiger partial charge in [0.05, 0.1) is 19.0 Å². The monoisotopic (exact) mass is 671 g/mol. The molecule has 0 aromatic carbocycles. The predicted octanol–water partition coefficient (Wildman–Crippen LogP) is 0.458. The van der Waals surface area contributed by atoms with Crippen LogP contribution in [0.4, 0.5) is 11.6 Å². The van der Waals surface area contributed by atoms with Crippen molar-refractivity contribution < 1.29 is 52.4 Å². The Hall–Kier alpha value is -5.50. The van der Waals surface area contributed by atoms with Crippen LogP contribution in [0.5, 0.6) is 0 Å². The second kappa shape index (κ2) is 14.5. The number of aliphatic imine (C=N–C) groups is 1. The van der Waals surface area contributed by atoms with Gasteiger partial charge in [-0.1, -0.05) is 0 Å². The lowest BCUT2D eigenvalue weighted by atomic mass is 10.2. The minimum Gasteiger partial charge on any atom is -0.463 e. The Morgan fingerprint density at radius 1 is 0.854 bits per heavy atom. The molecule has 256 valence electrons. The van der Waals surface area contributed by atoms with Crippen LogP contribution >= 0.6 is 0 Å². The summed E-state index contributed by atoms with van der Waals surface area (Å²) in [7, 11) is 0. The van der Waals surface area contributed by atoms with Gasteiger partial charge in [0.2, 0.25) is 0 Å². The second-order valence-electron chi connectivity index (χ2n) is 10.7. The molecule has 3 N–H and O–H groups in total. The van der Waals surface area contributed by atoms with E-state index in [1.54, 1.807) is 4.57 Å². The number of hydrogen-bond donors (Lipinski definition) is 2. The average Bonchev–Trinajstić information content (AvgIpc) is 3.80. The Labute approximate surface area is 271 Å². The van der Waals surface area contributed by atoms with Crippen molar-refractivity contribution in [1.82, 2.24) is 29.1 Å². The minimum atomic E-state index is -0.809. The Morgan fingerprint density at radius 3 is 1.96 bits per heavy atom. The Morgan fingerprint density at radius 2 is 1.42 bits per heavy atom. The first-order chi connectivity index (χ1) is 22.9. The maximum atomic E-state index is 13.5. The number of rotatable bonds is 11. The van der Waals surface area contributed by atoms with E-state index in [0.717, 1.165) is 6.34 Å². The summed E-state index contributed by atoms with van der Waals surface area (Å²) in [6, 6.07) is 0. The SMILES string of the molecule is CC(=O)OC[C@H]1O[C@@H](n2cnc(C(=O)Nc3ncnc4c3ncn4[C@H]3C[C@H](OC(C)=O)[C@@H](COC(C)=O)O3)c2/N=C/N)C[C@@H]1OC(C)=O. The lowest BCUT2D eigenvalue weighted by Gasteiger charge is -2.17. The molecule has 20 nitrogen and oxygen atoms in total. The molecule has 3 aromatic rings. The van der Waals surface area contributed by atoms with Crippen molar-refractivity contribution in [3.63, 3.8) is 0 Å². The van der Waals surface area contributed by atoms with Gasteiger partial charge in [-0.3, -0.25) is 33.1 Å². The number of nitrogens with one attached hydrogen (secondary N) is 1. The van der Waals surface area contributed by atoms with E-state index in [-0.39, 0.29) is 48.9 Å². The van der Waals surface area contributed by atoms with E-state index in [1.165, 1.54) is 51.2 Å². The van der Waals surface area contributed by atoms with Gasteiger partial charge < -0.3 is 39.5 Å². The third-order valence-corrected chi connectivity index (χ3v) is 7.29. The zero-order valence-corrected chi connectivity index (χ0v) is 26.3. The Bertz CT molecular complexity index is 1740. The van der Waals surface area contributed by atoms with E-state index in [2.05, 4.69) is 30.2 Å². The number of imidazole rings is 2. The van der Waals surface area contributed by atoms with Gasteiger partial charge in [-0.15, -0.1) is 0 Å². The summed E-state index contributed by atoms with van der Waals surface area (Å²) in [5.41, 5.74) is 5.96. The number of fused-ring (bicyclic) bond motifs is 1. The van der Waals surface area contributed by atoms with Crippen molar-refractivity contribution >= 4 is 58.9 Å². The van der Waals surface area contributed by atoms with Crippen LogP contribution in [-0.2, 0) is 47.6 Å². The first-order valence-corrected chi connectivity index (χ1v) is 14.7. The van der Waals surface area contributed by atoms with E-state index in [4.69, 9.17) is 34.2 Å². The number of anilines is 1. The molecule has 3 aromatic heterocycles. The molecule has 0 radical (unpaired) electrons. The van der Waals surface area contributed by atoms with Gasteiger partial charge in [0.25, 0.3) is 5.91 Å². The summed E-state index contributed by atoms with van der Waals surface area (Å²) in [6.45, 7) is 4.71. The molecule has 0 bridgehead atoms. The second-order valence-corrected chi connectivity index (χ2v) is 10.7. The number of esters is 4. The third-order valence-electron chi connectivity index (χ3n) is 7.29. The fourth-order valence-electron chi connectivity index (χ4n) is 5.36. The molecule has 2 aliphatic rings. The molecule has 1 amide bonds. The largest absolute Gasteiger partial charge is 0.463 e. The summed E-state index contributed by atoms with van der Waals surface area (Å²) in [5, 5.41) is 2.67. The highest BCUT2D eigenvalue weighted by Gasteiger charge is 2.42. The number of ether oxygens (including phenoxy) is 6. The average molecular weight is 672 g/mol. The van der Waals surface area contributed by atoms with Crippen LogP contribution in [0.3, 0.4) is 0 Å². The van der Waals surface area contributed by atoms with Gasteiger partial charge in [-0.25, -0.2) is 24.9 Å². The van der Waals surface area contributed by atoms with Crippen LogP contribution in [0.2, 0.25) is 0 Å². The first-order valence-electron chi connectivity index (χ1n) is 14.7. The van der Waals surface area contributed by atoms with Crippen LogP contribution < -0.4 is 11.1 Å². The number of carbonyl (C=O) groups excluding carboxylic acids is 5. The molecule has 5 heterocycles. The first kappa shape index (κ1) is 33.9. The quantitative estimate of drug-likeness (QED) is 0.121. The lowest BCUT2D eigenvalue weighted by molar-refractivity contribution is -0.157. The molecule has 2 aliphatic heterocycles. The fourth-order valence-corrected chi connectivity index (χ4v) is 5.36. The molecule has 20 heteroatoms. The number of nitrogens with zero attached hydrogens (tertiary/aromatic N) is 7. The molecule has 48 heavy (non-hydrogen) atoms. The van der Waals surface area contributed by atoms with Gasteiger partial charge in [0.15, 0.2) is 28.5 Å². The van der Waals surface area contributed by atoms with E-state index in [9.17, 15) is 24.0 Å². The van der Waals surface area contributed by atoms with Gasteiger partial charge >= 0.3 is 23.9 Å². The van der Waals surface area contributed by atoms with Gasteiger partial charge in [0.1, 0.15) is 56.4 Å². The normalized spacial score (nSPS) is 23.7. The van der Waals surface area contributed by atoms with Crippen LogP contribution in [0.1, 0.15) is 63.5 Å². The van der Waals surface area contributed by atoms with Crippen molar-refractivity contribution in [3.05, 3.63) is 24.7 Å². The van der Waals surface area contributed by atoms with Gasteiger partial charge in [0, 0.05) is 40.5 Å². The molecule has 6 atom stereocenters. The zero-order valence-electron chi connectivity index (χ0n) is 26.3. The lowest BCUT2D eigenvalue weighted by Crippen LogP contribution is -2.31. The topological polar surface area (TPSA) is 253 Å². The van der Waals surface area contributed by atoms with Crippen molar-refractivity contribution in [2.45, 2.75) is 77.4 Å². The summed E-state index contributed by atoms with van der Waals surface area (Å²) in [4.78, 5) is 80.8. The Balaban J connectivity index is 1.36. The van der Waals surface area contributed by atoms with Crippen molar-refractivity contribution in [2.24, 2.45) is 10.7 Å². The standard InChI is InChI=1S/C28H33N9O11/c1-13(38)43-7-19-17(45-15(3)40)5-21(47-19)36-11-33-23-25(31-10-32-26(23)36)35-28(42)24-27(30-9-29)37(12-34-24)22-6-18(46-16(4)41)20(48-22)8-44-14(2)39/h9-12,17-22H,5-8H2,1-4H3,(H2,29,30)(H,31,32,35,42)/t17-,18-,19+,20+,21+,22+/m0/s1. The molecular formula is C28H33N9O11. The number of nitrogens with two attached hydrogens (primary N) is 1. The van der Waals surface area contributed by atoms with E-state index in [1.807, 2.05) is 0 Å². The number of amides is 1. The molecule has 0 aliphatic carbocycles. The van der Waals surface area contributed by atoms with Crippen LogP contribution in [0.15, 0.2) is 24.0 Å². The van der Waals surface area contributed by atoms with Crippen molar-refractivity contribution in [1.29, 1.82) is 0 Å². The van der Waals surface area contributed by atoms with Crippen LogP contribution in [-0.4, -0.2) is 103 Å². The summed E-state index contributed by atoms with van der Waals surface area (Å²) >= 11 is 0. The maximum Gasteiger partial charge on any atom is 0.303 e. The van der Waals surface area contributed by atoms with E-state index in [0.29, 0.717) is 5.65 Å². The zero-order chi connectivity index (χ0) is 34.5. The molecular weight excluding hydrogens is 638 g/mol. The predicted molar refractivity (Wildman–Crippen MR) is 159 cm³/mol. The number of aromatic nitrogens is 6. The highest BCUT2D eigenvalue weighted by molar-refractivity contribution is 6.08. The molecule has 0 saturated carbocycles. The number of hydrogen-bond acceptors (Lipinski definition) is 16. The maximum absolute atomic E-state index is 13.5. The molecule has 2 fully saturated rings. The highest BCUT2D eigenvalue weighted by Crippen LogP contribution is 2.36. The fraction of sp³-hybridized carbons (Fsp3) is 0.500. The Kier molecular flexibility index (Phi) is 10.2. The van der Waals surface area contributed by atoms with E-state index >= 15 is 0 Å². The van der Waals surface area contributed by atoms with E-state index < -0.39 is 66.7 Å². The molecule has 5 rings (SSSR count). The van der Waals surface area contributed by atoms with Crippen LogP contribution in [0, 0.1) is 0 Å². The summed E-state index contributed by atoms with van der Waals surface area (Å²) < 4.78 is 36.0. The molecule has 2 saturated heterocycles. The molecule has 0 unspecified atom stereocenters. The van der Waals surface area contributed by atoms with Gasteiger partial charge in [-0.05, 0) is 0 Å².